The number of benzene rings is 1. The minimum Gasteiger partial charge on any atom is -0.488 e. The molecule has 0 bridgehead atoms. The Hall–Kier alpha value is -1.77. The zero-order valence-corrected chi connectivity index (χ0v) is 12.2. The molecule has 1 amide bonds. The molecule has 0 atom stereocenters. The number of ether oxygens (including phenoxy) is 1. The smallest absolute Gasteiger partial charge is 0.257 e. The van der Waals surface area contributed by atoms with Crippen LogP contribution in [0.25, 0.3) is 0 Å². The lowest BCUT2D eigenvalue weighted by Gasteiger charge is -2.21. The Morgan fingerprint density at radius 3 is 2.50 bits per heavy atom. The standard InChI is InChI=1S/C17H23NO2/c1-14(2)13-20-16-10-6-5-9-15(16)17(19)18-11-7-3-4-8-12-18/h5-6,9-10H,1,3-4,7-8,11-13H2,2H3. The summed E-state index contributed by atoms with van der Waals surface area (Å²) in [6.45, 7) is 7.90. The first kappa shape index (κ1) is 14.6. The highest BCUT2D eigenvalue weighted by atomic mass is 16.5. The van der Waals surface area contributed by atoms with Crippen LogP contribution in [0.5, 0.6) is 5.75 Å². The van der Waals surface area contributed by atoms with E-state index in [1.54, 1.807) is 0 Å². The number of para-hydroxylation sites is 1. The summed E-state index contributed by atoms with van der Waals surface area (Å²) in [7, 11) is 0. The molecular weight excluding hydrogens is 250 g/mol. The topological polar surface area (TPSA) is 29.5 Å². The largest absolute Gasteiger partial charge is 0.488 e. The molecule has 1 aliphatic rings. The summed E-state index contributed by atoms with van der Waals surface area (Å²) in [4.78, 5) is 14.6. The van der Waals surface area contributed by atoms with Crippen molar-refractivity contribution in [1.29, 1.82) is 0 Å². The van der Waals surface area contributed by atoms with Crippen molar-refractivity contribution >= 4 is 5.91 Å². The molecule has 0 saturated carbocycles. The number of carbonyl (C=O) groups is 1. The maximum absolute atomic E-state index is 12.6. The van der Waals surface area contributed by atoms with Crippen LogP contribution in [0.2, 0.25) is 0 Å². The molecule has 3 heteroatoms. The van der Waals surface area contributed by atoms with Crippen molar-refractivity contribution in [3.63, 3.8) is 0 Å². The van der Waals surface area contributed by atoms with Gasteiger partial charge in [-0.2, -0.15) is 0 Å². The Balaban J connectivity index is 2.13. The van der Waals surface area contributed by atoms with Crippen LogP contribution in [0, 0.1) is 0 Å². The van der Waals surface area contributed by atoms with E-state index in [1.807, 2.05) is 36.1 Å². The van der Waals surface area contributed by atoms with Gasteiger partial charge >= 0.3 is 0 Å². The Morgan fingerprint density at radius 1 is 1.20 bits per heavy atom. The van der Waals surface area contributed by atoms with Crippen LogP contribution in [0.3, 0.4) is 0 Å². The number of nitrogens with zero attached hydrogens (tertiary/aromatic N) is 1. The fraction of sp³-hybridized carbons (Fsp3) is 0.471. The molecule has 0 radical (unpaired) electrons. The van der Waals surface area contributed by atoms with Crippen LogP contribution in [-0.4, -0.2) is 30.5 Å². The second-order valence-corrected chi connectivity index (χ2v) is 5.45. The number of hydrogen-bond acceptors (Lipinski definition) is 2. The maximum atomic E-state index is 12.6. The van der Waals surface area contributed by atoms with Gasteiger partial charge in [-0.15, -0.1) is 0 Å². The van der Waals surface area contributed by atoms with Crippen LogP contribution in [0.15, 0.2) is 36.4 Å². The predicted molar refractivity (Wildman–Crippen MR) is 81.1 cm³/mol. The van der Waals surface area contributed by atoms with Gasteiger partial charge in [0.25, 0.3) is 5.91 Å². The number of hydrogen-bond donors (Lipinski definition) is 0. The number of amides is 1. The number of likely N-dealkylation sites (tertiary alicyclic amines) is 1. The van der Waals surface area contributed by atoms with Crippen LogP contribution in [0.1, 0.15) is 43.0 Å². The van der Waals surface area contributed by atoms with Crippen LogP contribution < -0.4 is 4.74 Å². The van der Waals surface area contributed by atoms with Crippen molar-refractivity contribution in [2.45, 2.75) is 32.6 Å². The van der Waals surface area contributed by atoms with Gasteiger partial charge in [-0.1, -0.05) is 31.6 Å². The first-order chi connectivity index (χ1) is 9.68. The summed E-state index contributed by atoms with van der Waals surface area (Å²) in [5.74, 6) is 0.744. The lowest BCUT2D eigenvalue weighted by atomic mass is 10.1. The van der Waals surface area contributed by atoms with E-state index in [1.165, 1.54) is 12.8 Å². The van der Waals surface area contributed by atoms with Crippen molar-refractivity contribution < 1.29 is 9.53 Å². The summed E-state index contributed by atoms with van der Waals surface area (Å²) >= 11 is 0. The molecule has 1 aliphatic heterocycles. The fourth-order valence-corrected chi connectivity index (χ4v) is 2.41. The quantitative estimate of drug-likeness (QED) is 0.784. The zero-order chi connectivity index (χ0) is 14.4. The fourth-order valence-electron chi connectivity index (χ4n) is 2.41. The Bertz CT molecular complexity index is 474. The van der Waals surface area contributed by atoms with E-state index >= 15 is 0 Å². The molecule has 0 N–H and O–H groups in total. The Morgan fingerprint density at radius 2 is 1.85 bits per heavy atom. The lowest BCUT2D eigenvalue weighted by Crippen LogP contribution is -2.32. The van der Waals surface area contributed by atoms with E-state index < -0.39 is 0 Å². The van der Waals surface area contributed by atoms with Crippen molar-refractivity contribution in [3.05, 3.63) is 42.0 Å². The van der Waals surface area contributed by atoms with Crippen molar-refractivity contribution in [2.24, 2.45) is 0 Å². The minimum absolute atomic E-state index is 0.0872. The van der Waals surface area contributed by atoms with Crippen LogP contribution in [0.4, 0.5) is 0 Å². The van der Waals surface area contributed by atoms with Crippen molar-refractivity contribution in [2.75, 3.05) is 19.7 Å². The maximum Gasteiger partial charge on any atom is 0.257 e. The van der Waals surface area contributed by atoms with E-state index in [0.717, 1.165) is 31.5 Å². The SMILES string of the molecule is C=C(C)COc1ccccc1C(=O)N1CCCCCC1. The third-order valence-corrected chi connectivity index (χ3v) is 3.48. The second kappa shape index (κ2) is 7.13. The monoisotopic (exact) mass is 273 g/mol. The van der Waals surface area contributed by atoms with Gasteiger partial charge in [-0.25, -0.2) is 0 Å². The van der Waals surface area contributed by atoms with E-state index in [9.17, 15) is 4.79 Å². The molecule has 3 nitrogen and oxygen atoms in total. The molecule has 2 rings (SSSR count). The Kier molecular flexibility index (Phi) is 5.22. The molecule has 1 aromatic rings. The van der Waals surface area contributed by atoms with E-state index in [4.69, 9.17) is 4.74 Å². The van der Waals surface area contributed by atoms with E-state index in [-0.39, 0.29) is 5.91 Å². The molecule has 0 spiro atoms. The normalized spacial score (nSPS) is 15.6. The first-order valence-electron chi connectivity index (χ1n) is 7.34. The average molecular weight is 273 g/mol. The molecule has 0 aliphatic carbocycles. The third-order valence-electron chi connectivity index (χ3n) is 3.48. The second-order valence-electron chi connectivity index (χ2n) is 5.45. The molecule has 0 unspecified atom stereocenters. The van der Waals surface area contributed by atoms with Crippen LogP contribution >= 0.6 is 0 Å². The van der Waals surface area contributed by atoms with Crippen molar-refractivity contribution in [3.8, 4) is 5.75 Å². The number of rotatable bonds is 4. The highest BCUT2D eigenvalue weighted by molar-refractivity contribution is 5.97. The van der Waals surface area contributed by atoms with E-state index in [0.29, 0.717) is 17.9 Å². The van der Waals surface area contributed by atoms with Gasteiger partial charge in [-0.3, -0.25) is 4.79 Å². The molecule has 20 heavy (non-hydrogen) atoms. The summed E-state index contributed by atoms with van der Waals surface area (Å²) < 4.78 is 5.69. The summed E-state index contributed by atoms with van der Waals surface area (Å²) in [5, 5.41) is 0. The number of carbonyl (C=O) groups excluding carboxylic acids is 1. The molecule has 1 fully saturated rings. The van der Waals surface area contributed by atoms with Crippen molar-refractivity contribution in [1.82, 2.24) is 4.90 Å². The highest BCUT2D eigenvalue weighted by Crippen LogP contribution is 2.22. The molecule has 1 saturated heterocycles. The Labute approximate surface area is 121 Å². The summed E-state index contributed by atoms with van der Waals surface area (Å²) in [6.07, 6.45) is 4.64. The first-order valence-corrected chi connectivity index (χ1v) is 7.34. The molecule has 1 heterocycles. The summed E-state index contributed by atoms with van der Waals surface area (Å²) in [6, 6.07) is 7.49. The van der Waals surface area contributed by atoms with Gasteiger partial charge in [0, 0.05) is 13.1 Å². The minimum atomic E-state index is 0.0872. The van der Waals surface area contributed by atoms with Gasteiger partial charge in [0.1, 0.15) is 12.4 Å². The molecule has 1 aromatic carbocycles. The van der Waals surface area contributed by atoms with Gasteiger partial charge in [0.2, 0.25) is 0 Å². The molecule has 108 valence electrons. The molecular formula is C17H23NO2. The summed E-state index contributed by atoms with van der Waals surface area (Å²) in [5.41, 5.74) is 1.61. The highest BCUT2D eigenvalue weighted by Gasteiger charge is 2.20. The average Bonchev–Trinajstić information content (AvgIpc) is 2.73. The van der Waals surface area contributed by atoms with E-state index in [2.05, 4.69) is 6.58 Å². The lowest BCUT2D eigenvalue weighted by molar-refractivity contribution is 0.0757. The van der Waals surface area contributed by atoms with Crippen LogP contribution in [-0.2, 0) is 0 Å². The van der Waals surface area contributed by atoms with Gasteiger partial charge in [0.05, 0.1) is 5.56 Å². The van der Waals surface area contributed by atoms with Gasteiger partial charge in [0.15, 0.2) is 0 Å². The van der Waals surface area contributed by atoms with Gasteiger partial charge in [-0.05, 0) is 37.5 Å². The van der Waals surface area contributed by atoms with Gasteiger partial charge < -0.3 is 9.64 Å². The predicted octanol–water partition coefficient (Wildman–Crippen LogP) is 3.66. The molecule has 0 aromatic heterocycles. The zero-order valence-electron chi connectivity index (χ0n) is 12.2. The third kappa shape index (κ3) is 3.86.